The summed E-state index contributed by atoms with van der Waals surface area (Å²) >= 11 is 0. The summed E-state index contributed by atoms with van der Waals surface area (Å²) in [6.07, 6.45) is 6.91. The minimum absolute atomic E-state index is 0.120. The number of hydrogen-bond acceptors (Lipinski definition) is 7. The number of nitrogens with one attached hydrogen (secondary N) is 1. The molecule has 3 aromatic rings. The molecule has 2 aromatic heterocycles. The van der Waals surface area contributed by atoms with Crippen molar-refractivity contribution in [1.29, 1.82) is 0 Å². The third-order valence-corrected chi connectivity index (χ3v) is 5.82. The molecular weight excluding hydrogens is 386 g/mol. The summed E-state index contributed by atoms with van der Waals surface area (Å²) in [7, 11) is 1.29. The average molecular weight is 411 g/mol. The second-order valence-electron chi connectivity index (χ2n) is 7.74. The van der Waals surface area contributed by atoms with Crippen LogP contribution in [0.15, 0.2) is 27.2 Å². The number of amides is 1. The van der Waals surface area contributed by atoms with Crippen molar-refractivity contribution in [3.63, 3.8) is 0 Å². The van der Waals surface area contributed by atoms with Crippen molar-refractivity contribution < 1.29 is 23.2 Å². The van der Waals surface area contributed by atoms with Gasteiger partial charge in [-0.05, 0) is 37.7 Å². The molecule has 0 aliphatic heterocycles. The molecule has 0 spiro atoms. The second kappa shape index (κ2) is 8.30. The van der Waals surface area contributed by atoms with Gasteiger partial charge in [0, 0.05) is 18.9 Å². The molecule has 0 atom stereocenters. The molecule has 1 aromatic carbocycles. The maximum Gasteiger partial charge on any atom is 0.340 e. The van der Waals surface area contributed by atoms with Gasteiger partial charge < -0.3 is 18.9 Å². The van der Waals surface area contributed by atoms with Crippen LogP contribution in [0.1, 0.15) is 77.6 Å². The van der Waals surface area contributed by atoms with Crippen molar-refractivity contribution in [3.8, 4) is 0 Å². The zero-order valence-electron chi connectivity index (χ0n) is 17.4. The lowest BCUT2D eigenvalue weighted by Gasteiger charge is -2.25. The Hall–Kier alpha value is -3.16. The van der Waals surface area contributed by atoms with Gasteiger partial charge in [0.1, 0.15) is 11.8 Å². The first-order chi connectivity index (χ1) is 14.5. The molecule has 1 N–H and O–H groups in total. The number of rotatable bonds is 5. The number of hydrogen-bond donors (Lipinski definition) is 1. The van der Waals surface area contributed by atoms with Crippen LogP contribution in [-0.4, -0.2) is 29.0 Å². The van der Waals surface area contributed by atoms with E-state index in [2.05, 4.69) is 22.2 Å². The van der Waals surface area contributed by atoms with Gasteiger partial charge in [-0.1, -0.05) is 13.3 Å². The van der Waals surface area contributed by atoms with Gasteiger partial charge in [0.25, 0.3) is 5.91 Å². The molecule has 30 heavy (non-hydrogen) atoms. The number of fused-ring (bicyclic) bond motifs is 1. The van der Waals surface area contributed by atoms with E-state index in [0.717, 1.165) is 18.8 Å². The van der Waals surface area contributed by atoms with Gasteiger partial charge in [0.15, 0.2) is 23.1 Å². The first-order valence-electron chi connectivity index (χ1n) is 10.2. The molecule has 0 radical (unpaired) electrons. The molecule has 0 unspecified atom stereocenters. The maximum atomic E-state index is 12.5. The molecular formula is C22H25N3O5. The minimum atomic E-state index is -0.573. The van der Waals surface area contributed by atoms with Gasteiger partial charge in [-0.3, -0.25) is 4.79 Å². The van der Waals surface area contributed by atoms with E-state index in [4.69, 9.17) is 13.6 Å². The smallest absolute Gasteiger partial charge is 0.340 e. The van der Waals surface area contributed by atoms with Crippen LogP contribution in [0.25, 0.3) is 11.1 Å². The number of aromatic nitrogens is 2. The average Bonchev–Trinajstić information content (AvgIpc) is 3.38. The number of benzene rings is 1. The van der Waals surface area contributed by atoms with Gasteiger partial charge >= 0.3 is 5.97 Å². The highest BCUT2D eigenvalue weighted by Crippen LogP contribution is 2.38. The highest BCUT2D eigenvalue weighted by Gasteiger charge is 2.26. The summed E-state index contributed by atoms with van der Waals surface area (Å²) in [5, 5.41) is 2.70. The Morgan fingerprint density at radius 2 is 1.97 bits per heavy atom. The molecule has 1 amide bonds. The van der Waals surface area contributed by atoms with Crippen molar-refractivity contribution in [2.24, 2.45) is 5.92 Å². The molecule has 4 rings (SSSR count). The summed E-state index contributed by atoms with van der Waals surface area (Å²) in [4.78, 5) is 33.5. The van der Waals surface area contributed by atoms with Crippen molar-refractivity contribution >= 4 is 28.7 Å². The number of methoxy groups -OCH3 is 1. The Kier molecular flexibility index (Phi) is 5.57. The molecule has 1 saturated carbocycles. The van der Waals surface area contributed by atoms with Crippen molar-refractivity contribution in [2.75, 3.05) is 12.4 Å². The molecule has 2 heterocycles. The maximum absolute atomic E-state index is 12.5. The van der Waals surface area contributed by atoms with Crippen molar-refractivity contribution in [3.05, 3.63) is 41.4 Å². The molecule has 1 aliphatic carbocycles. The number of ether oxygens (including phenoxy) is 1. The minimum Gasteiger partial charge on any atom is -0.465 e. The Morgan fingerprint density at radius 3 is 2.60 bits per heavy atom. The molecule has 0 bridgehead atoms. The quantitative estimate of drug-likeness (QED) is 0.598. The largest absolute Gasteiger partial charge is 0.465 e. The third kappa shape index (κ3) is 3.94. The fourth-order valence-electron chi connectivity index (χ4n) is 4.02. The van der Waals surface area contributed by atoms with Gasteiger partial charge in [-0.15, -0.1) is 0 Å². The fraction of sp³-hybridized carbons (Fsp3) is 0.455. The molecule has 1 fully saturated rings. The van der Waals surface area contributed by atoms with Crippen LogP contribution < -0.4 is 5.32 Å². The van der Waals surface area contributed by atoms with Crippen LogP contribution >= 0.6 is 0 Å². The number of nitrogens with zero attached hydrogens (tertiary/aromatic N) is 2. The predicted octanol–water partition coefficient (Wildman–Crippen LogP) is 4.85. The van der Waals surface area contributed by atoms with Gasteiger partial charge in [0.2, 0.25) is 0 Å². The summed E-state index contributed by atoms with van der Waals surface area (Å²) < 4.78 is 16.0. The number of esters is 1. The second-order valence-corrected chi connectivity index (χ2v) is 7.74. The lowest BCUT2D eigenvalue weighted by atomic mass is 9.81. The predicted molar refractivity (Wildman–Crippen MR) is 110 cm³/mol. The molecule has 0 saturated heterocycles. The molecule has 1 aliphatic rings. The van der Waals surface area contributed by atoms with Gasteiger partial charge in [-0.25, -0.2) is 14.8 Å². The zero-order chi connectivity index (χ0) is 21.3. The number of carbonyl (C=O) groups excluding carboxylic acids is 2. The number of oxazole rings is 2. The highest BCUT2D eigenvalue weighted by atomic mass is 16.5. The van der Waals surface area contributed by atoms with Crippen LogP contribution in [0.3, 0.4) is 0 Å². The van der Waals surface area contributed by atoms with Crippen LogP contribution in [0, 0.1) is 12.8 Å². The van der Waals surface area contributed by atoms with Gasteiger partial charge in [-0.2, -0.15) is 0 Å². The molecule has 8 heteroatoms. The fourth-order valence-corrected chi connectivity index (χ4v) is 4.02. The van der Waals surface area contributed by atoms with Crippen molar-refractivity contribution in [2.45, 2.75) is 51.9 Å². The highest BCUT2D eigenvalue weighted by molar-refractivity contribution is 6.08. The number of carbonyl (C=O) groups is 2. The van der Waals surface area contributed by atoms with E-state index in [-0.39, 0.29) is 22.9 Å². The SMILES string of the molecule is CCC1CCC(c2nc3cc(C(=O)OC)c(NC(=O)c4coc(C)n4)cc3o2)CC1. The summed E-state index contributed by atoms with van der Waals surface area (Å²) in [6, 6.07) is 3.20. The monoisotopic (exact) mass is 411 g/mol. The van der Waals surface area contributed by atoms with E-state index in [1.54, 1.807) is 19.1 Å². The molecule has 158 valence electrons. The van der Waals surface area contributed by atoms with Crippen LogP contribution in [0.2, 0.25) is 0 Å². The Morgan fingerprint density at radius 1 is 1.20 bits per heavy atom. The van der Waals surface area contributed by atoms with E-state index >= 15 is 0 Å². The third-order valence-electron chi connectivity index (χ3n) is 5.82. The number of anilines is 1. The first-order valence-corrected chi connectivity index (χ1v) is 10.2. The summed E-state index contributed by atoms with van der Waals surface area (Å²) in [5.74, 6) is 1.05. The standard InChI is InChI=1S/C22H25N3O5/c1-4-13-5-7-14(8-6-13)21-25-17-9-15(22(27)28-3)16(10-19(17)30-21)24-20(26)18-11-29-12(2)23-18/h9-11,13-14H,4-8H2,1-3H3,(H,24,26). The number of aryl methyl sites for hydroxylation is 1. The van der Waals surface area contributed by atoms with E-state index in [0.29, 0.717) is 22.9 Å². The van der Waals surface area contributed by atoms with Crippen LogP contribution in [0.4, 0.5) is 5.69 Å². The zero-order valence-corrected chi connectivity index (χ0v) is 17.4. The van der Waals surface area contributed by atoms with E-state index < -0.39 is 11.9 Å². The van der Waals surface area contributed by atoms with Crippen molar-refractivity contribution in [1.82, 2.24) is 9.97 Å². The Labute approximate surface area is 174 Å². The summed E-state index contributed by atoms with van der Waals surface area (Å²) in [5.41, 5.74) is 1.68. The van der Waals surface area contributed by atoms with E-state index in [1.807, 2.05) is 0 Å². The van der Waals surface area contributed by atoms with E-state index in [9.17, 15) is 9.59 Å². The normalized spacial score (nSPS) is 19.0. The van der Waals surface area contributed by atoms with Crippen LogP contribution in [0.5, 0.6) is 0 Å². The molecule has 8 nitrogen and oxygen atoms in total. The van der Waals surface area contributed by atoms with E-state index in [1.165, 1.54) is 32.6 Å². The Balaban J connectivity index is 1.65. The van der Waals surface area contributed by atoms with Crippen LogP contribution in [-0.2, 0) is 4.74 Å². The lowest BCUT2D eigenvalue weighted by Crippen LogP contribution is -2.15. The van der Waals surface area contributed by atoms with Gasteiger partial charge in [0.05, 0.1) is 18.4 Å². The topological polar surface area (TPSA) is 107 Å². The first kappa shape index (κ1) is 20.1. The Bertz CT molecular complexity index is 1080. The summed E-state index contributed by atoms with van der Waals surface area (Å²) in [6.45, 7) is 3.88. The lowest BCUT2D eigenvalue weighted by molar-refractivity contribution is 0.0602.